The van der Waals surface area contributed by atoms with E-state index in [1.807, 2.05) is 6.92 Å². The smallest absolute Gasteiger partial charge is 0.168 e. The molecule has 1 atom stereocenters. The summed E-state index contributed by atoms with van der Waals surface area (Å²) in [6.45, 7) is 3.98. The van der Waals surface area contributed by atoms with Gasteiger partial charge in [-0.1, -0.05) is 6.92 Å². The summed E-state index contributed by atoms with van der Waals surface area (Å²) in [6.07, 6.45) is 2.87. The zero-order valence-corrected chi connectivity index (χ0v) is 11.0. The van der Waals surface area contributed by atoms with Gasteiger partial charge < -0.3 is 15.4 Å². The Kier molecular flexibility index (Phi) is 4.52. The number of nitrogens with zero attached hydrogens (tertiary/aromatic N) is 2. The molecule has 0 radical (unpaired) electrons. The maximum atomic E-state index is 13.8. The van der Waals surface area contributed by atoms with Gasteiger partial charge in [-0.15, -0.1) is 0 Å². The molecule has 1 aliphatic heterocycles. The summed E-state index contributed by atoms with van der Waals surface area (Å²) in [5, 5.41) is 0. The number of aromatic nitrogens is 1. The normalized spacial score (nSPS) is 19.7. The molecule has 2 heterocycles. The Morgan fingerprint density at radius 2 is 2.26 bits per heavy atom. The van der Waals surface area contributed by atoms with E-state index in [4.69, 9.17) is 10.5 Å². The van der Waals surface area contributed by atoms with Crippen molar-refractivity contribution in [2.75, 3.05) is 30.3 Å². The van der Waals surface area contributed by atoms with Crippen molar-refractivity contribution in [1.82, 2.24) is 4.98 Å². The number of hydrogen-bond donors (Lipinski definition) is 1. The largest absolute Gasteiger partial charge is 0.381 e. The predicted molar refractivity (Wildman–Crippen MR) is 70.0 cm³/mol. The average Bonchev–Trinajstić information content (AvgIpc) is 2.41. The third-order valence-electron chi connectivity index (χ3n) is 3.17. The summed E-state index contributed by atoms with van der Waals surface area (Å²) >= 11 is 0. The average molecular weight is 271 g/mol. The van der Waals surface area contributed by atoms with Gasteiger partial charge in [-0.25, -0.2) is 13.8 Å². The van der Waals surface area contributed by atoms with E-state index in [0.29, 0.717) is 19.7 Å². The molecule has 1 aromatic heterocycles. The third kappa shape index (κ3) is 3.32. The van der Waals surface area contributed by atoms with Gasteiger partial charge in [0.25, 0.3) is 0 Å². The van der Waals surface area contributed by atoms with E-state index < -0.39 is 11.6 Å². The lowest BCUT2D eigenvalue weighted by atomic mass is 10.1. The lowest BCUT2D eigenvalue weighted by molar-refractivity contribution is 0.0438. The summed E-state index contributed by atoms with van der Waals surface area (Å²) in [5.41, 5.74) is 5.40. The highest BCUT2D eigenvalue weighted by Crippen LogP contribution is 2.24. The molecule has 1 aromatic rings. The first-order valence-corrected chi connectivity index (χ1v) is 6.60. The van der Waals surface area contributed by atoms with Crippen LogP contribution in [0.25, 0.3) is 0 Å². The Balaban J connectivity index is 2.10. The molecule has 0 saturated carbocycles. The first-order chi connectivity index (χ1) is 9.11. The molecule has 0 amide bonds. The van der Waals surface area contributed by atoms with Crippen LogP contribution in [-0.4, -0.2) is 30.8 Å². The van der Waals surface area contributed by atoms with Crippen LogP contribution in [-0.2, 0) is 4.74 Å². The highest BCUT2D eigenvalue weighted by molar-refractivity contribution is 5.47. The maximum Gasteiger partial charge on any atom is 0.168 e. The van der Waals surface area contributed by atoms with Gasteiger partial charge in [0, 0.05) is 25.8 Å². The fourth-order valence-electron chi connectivity index (χ4n) is 2.24. The Bertz CT molecular complexity index is 442. The minimum absolute atomic E-state index is 0.0705. The molecule has 0 spiro atoms. The number of ether oxygens (including phenoxy) is 1. The fourth-order valence-corrected chi connectivity index (χ4v) is 2.24. The zero-order valence-electron chi connectivity index (χ0n) is 11.0. The standard InChI is InChI=1S/C13H19F2N3O/c1-2-6-19-9-4-3-5-18(8-9)13-11(15)7-10(14)12(16)17-13/h7,9H,2-6,8H2,1H3,(H2,16,17). The topological polar surface area (TPSA) is 51.4 Å². The summed E-state index contributed by atoms with van der Waals surface area (Å²) in [7, 11) is 0. The molecule has 0 aliphatic carbocycles. The number of hydrogen-bond acceptors (Lipinski definition) is 4. The van der Waals surface area contributed by atoms with Gasteiger partial charge in [0.1, 0.15) is 0 Å². The lowest BCUT2D eigenvalue weighted by Crippen LogP contribution is -2.40. The van der Waals surface area contributed by atoms with Crippen LogP contribution >= 0.6 is 0 Å². The van der Waals surface area contributed by atoms with Gasteiger partial charge >= 0.3 is 0 Å². The van der Waals surface area contributed by atoms with Crippen LogP contribution < -0.4 is 10.6 Å². The van der Waals surface area contributed by atoms with E-state index in [1.165, 1.54) is 0 Å². The molecule has 6 heteroatoms. The number of rotatable bonds is 4. The first-order valence-electron chi connectivity index (χ1n) is 6.60. The first kappa shape index (κ1) is 14.0. The number of nitrogen functional groups attached to an aromatic ring is 1. The Labute approximate surface area is 111 Å². The number of halogens is 2. The van der Waals surface area contributed by atoms with Crippen LogP contribution in [0.3, 0.4) is 0 Å². The quantitative estimate of drug-likeness (QED) is 0.913. The van der Waals surface area contributed by atoms with E-state index in [0.717, 1.165) is 25.3 Å². The van der Waals surface area contributed by atoms with E-state index in [9.17, 15) is 8.78 Å². The molecule has 1 unspecified atom stereocenters. The van der Waals surface area contributed by atoms with E-state index in [1.54, 1.807) is 4.90 Å². The Morgan fingerprint density at radius 1 is 1.47 bits per heavy atom. The summed E-state index contributed by atoms with van der Waals surface area (Å²) in [6, 6.07) is 0.786. The van der Waals surface area contributed by atoms with Crippen molar-refractivity contribution in [3.8, 4) is 0 Å². The summed E-state index contributed by atoms with van der Waals surface area (Å²) in [4.78, 5) is 5.58. The van der Waals surface area contributed by atoms with Crippen LogP contribution in [0.5, 0.6) is 0 Å². The SMILES string of the molecule is CCCOC1CCCN(c2nc(N)c(F)cc2F)C1. The van der Waals surface area contributed by atoms with E-state index in [2.05, 4.69) is 4.98 Å². The van der Waals surface area contributed by atoms with Crippen molar-refractivity contribution in [3.05, 3.63) is 17.7 Å². The molecule has 0 aromatic carbocycles. The number of nitrogens with two attached hydrogens (primary N) is 1. The summed E-state index contributed by atoms with van der Waals surface area (Å²) < 4.78 is 32.5. The van der Waals surface area contributed by atoms with Gasteiger partial charge in [-0.05, 0) is 19.3 Å². The van der Waals surface area contributed by atoms with E-state index >= 15 is 0 Å². The van der Waals surface area contributed by atoms with Crippen molar-refractivity contribution >= 4 is 11.6 Å². The van der Waals surface area contributed by atoms with Gasteiger partial charge in [-0.2, -0.15) is 0 Å². The number of pyridine rings is 1. The second kappa shape index (κ2) is 6.14. The Morgan fingerprint density at radius 3 is 3.00 bits per heavy atom. The fraction of sp³-hybridized carbons (Fsp3) is 0.615. The zero-order chi connectivity index (χ0) is 13.8. The molecule has 2 rings (SSSR count). The van der Waals surface area contributed by atoms with Crippen LogP contribution in [0.4, 0.5) is 20.4 Å². The van der Waals surface area contributed by atoms with Crippen LogP contribution in [0.2, 0.25) is 0 Å². The van der Waals surface area contributed by atoms with Crippen LogP contribution in [0.1, 0.15) is 26.2 Å². The van der Waals surface area contributed by atoms with Gasteiger partial charge in [0.2, 0.25) is 0 Å². The van der Waals surface area contributed by atoms with Crippen LogP contribution in [0.15, 0.2) is 6.07 Å². The van der Waals surface area contributed by atoms with Gasteiger partial charge in [0.05, 0.1) is 6.10 Å². The van der Waals surface area contributed by atoms with Crippen molar-refractivity contribution in [3.63, 3.8) is 0 Å². The predicted octanol–water partition coefficient (Wildman–Crippen LogP) is 2.34. The van der Waals surface area contributed by atoms with Crippen molar-refractivity contribution in [2.45, 2.75) is 32.3 Å². The maximum absolute atomic E-state index is 13.8. The van der Waals surface area contributed by atoms with E-state index in [-0.39, 0.29) is 17.7 Å². The second-order valence-electron chi connectivity index (χ2n) is 4.74. The highest BCUT2D eigenvalue weighted by Gasteiger charge is 2.24. The second-order valence-corrected chi connectivity index (χ2v) is 4.74. The van der Waals surface area contributed by atoms with Crippen molar-refractivity contribution < 1.29 is 13.5 Å². The van der Waals surface area contributed by atoms with Crippen molar-refractivity contribution in [1.29, 1.82) is 0 Å². The third-order valence-corrected chi connectivity index (χ3v) is 3.17. The molecule has 2 N–H and O–H groups in total. The number of anilines is 2. The molecule has 106 valence electrons. The number of piperidine rings is 1. The molecular formula is C13H19F2N3O. The van der Waals surface area contributed by atoms with Gasteiger partial charge in [0.15, 0.2) is 23.3 Å². The molecule has 0 bridgehead atoms. The Hall–Kier alpha value is -1.43. The minimum Gasteiger partial charge on any atom is -0.381 e. The highest BCUT2D eigenvalue weighted by atomic mass is 19.1. The monoisotopic (exact) mass is 271 g/mol. The molecule has 4 nitrogen and oxygen atoms in total. The minimum atomic E-state index is -0.822. The van der Waals surface area contributed by atoms with Gasteiger partial charge in [-0.3, -0.25) is 0 Å². The van der Waals surface area contributed by atoms with Crippen molar-refractivity contribution in [2.24, 2.45) is 0 Å². The molecule has 1 fully saturated rings. The molecular weight excluding hydrogens is 252 g/mol. The molecule has 19 heavy (non-hydrogen) atoms. The van der Waals surface area contributed by atoms with Crippen LogP contribution in [0, 0.1) is 11.6 Å². The summed E-state index contributed by atoms with van der Waals surface area (Å²) in [5.74, 6) is -1.66. The lowest BCUT2D eigenvalue weighted by Gasteiger charge is -2.33. The molecule has 1 saturated heterocycles. The molecule has 1 aliphatic rings.